The number of benzene rings is 3. The van der Waals surface area contributed by atoms with Crippen molar-refractivity contribution in [1.82, 2.24) is 14.7 Å². The van der Waals surface area contributed by atoms with Gasteiger partial charge in [-0.2, -0.15) is 5.10 Å². The molecule has 1 aromatic heterocycles. The molecule has 31 heavy (non-hydrogen) atoms. The summed E-state index contributed by atoms with van der Waals surface area (Å²) in [6.07, 6.45) is 3.97. The van der Waals surface area contributed by atoms with Gasteiger partial charge >= 0.3 is 0 Å². The maximum Gasteiger partial charge on any atom is 0.234 e. The lowest BCUT2D eigenvalue weighted by Crippen LogP contribution is -2.41. The van der Waals surface area contributed by atoms with Gasteiger partial charge in [-0.25, -0.2) is 0 Å². The highest BCUT2D eigenvalue weighted by molar-refractivity contribution is 5.87. The number of rotatable bonds is 4. The Bertz CT molecular complexity index is 1140. The molecule has 1 unspecified atom stereocenters. The van der Waals surface area contributed by atoms with Gasteiger partial charge in [-0.05, 0) is 27.8 Å². The van der Waals surface area contributed by atoms with Crippen LogP contribution in [0, 0.1) is 0 Å². The van der Waals surface area contributed by atoms with Gasteiger partial charge in [0.05, 0.1) is 12.1 Å². The quantitative estimate of drug-likeness (QED) is 0.491. The molecule has 4 aromatic rings. The third-order valence-corrected chi connectivity index (χ3v) is 6.15. The zero-order valence-electron chi connectivity index (χ0n) is 17.6. The van der Waals surface area contributed by atoms with Crippen LogP contribution >= 0.6 is 0 Å². The van der Waals surface area contributed by atoms with Crippen LogP contribution in [0.25, 0.3) is 0 Å². The van der Waals surface area contributed by atoms with Gasteiger partial charge in [0.25, 0.3) is 0 Å². The normalized spacial score (nSPS) is 15.7. The summed E-state index contributed by atoms with van der Waals surface area (Å²) in [4.78, 5) is 16.0. The van der Waals surface area contributed by atoms with Crippen molar-refractivity contribution in [2.24, 2.45) is 7.05 Å². The van der Waals surface area contributed by atoms with Gasteiger partial charge in [-0.3, -0.25) is 9.48 Å². The van der Waals surface area contributed by atoms with E-state index in [1.165, 1.54) is 11.1 Å². The second-order valence-corrected chi connectivity index (χ2v) is 8.17. The Kier molecular flexibility index (Phi) is 5.13. The Morgan fingerprint density at radius 1 is 0.903 bits per heavy atom. The number of nitrogens with zero attached hydrogens (tertiary/aromatic N) is 3. The topological polar surface area (TPSA) is 38.1 Å². The molecule has 4 nitrogen and oxygen atoms in total. The number of hydrogen-bond acceptors (Lipinski definition) is 2. The van der Waals surface area contributed by atoms with Crippen molar-refractivity contribution in [2.45, 2.75) is 18.4 Å². The van der Waals surface area contributed by atoms with Crippen LogP contribution in [0.1, 0.15) is 39.7 Å². The van der Waals surface area contributed by atoms with Gasteiger partial charge in [0.15, 0.2) is 0 Å². The minimum atomic E-state index is -0.317. The fourth-order valence-electron chi connectivity index (χ4n) is 4.63. The van der Waals surface area contributed by atoms with E-state index in [1.54, 1.807) is 0 Å². The minimum absolute atomic E-state index is 0.120. The molecule has 0 saturated carbocycles. The van der Waals surface area contributed by atoms with E-state index in [4.69, 9.17) is 0 Å². The number of hydrogen-bond donors (Lipinski definition) is 0. The summed E-state index contributed by atoms with van der Waals surface area (Å²) in [6.45, 7) is 1.28. The Morgan fingerprint density at radius 2 is 1.52 bits per heavy atom. The lowest BCUT2D eigenvalue weighted by atomic mass is 9.84. The van der Waals surface area contributed by atoms with Crippen molar-refractivity contribution in [3.8, 4) is 0 Å². The highest BCUT2D eigenvalue weighted by atomic mass is 16.2. The summed E-state index contributed by atoms with van der Waals surface area (Å²) in [5, 5.41) is 4.38. The van der Waals surface area contributed by atoms with Crippen LogP contribution in [0.2, 0.25) is 0 Å². The van der Waals surface area contributed by atoms with Gasteiger partial charge < -0.3 is 4.90 Å². The fraction of sp³-hybridized carbons (Fsp3) is 0.185. The lowest BCUT2D eigenvalue weighted by Gasteiger charge is -2.36. The van der Waals surface area contributed by atoms with Crippen LogP contribution in [-0.4, -0.2) is 27.1 Å². The highest BCUT2D eigenvalue weighted by Crippen LogP contribution is 2.36. The van der Waals surface area contributed by atoms with Crippen LogP contribution in [-0.2, 0) is 18.4 Å². The van der Waals surface area contributed by atoms with E-state index in [1.807, 2.05) is 83.5 Å². The van der Waals surface area contributed by atoms with E-state index < -0.39 is 0 Å². The SMILES string of the molecule is Cn1cc(C2CN(C(=O)C(c3ccccc3)c3ccccc3)Cc3ccccc32)cn1. The average Bonchev–Trinajstić information content (AvgIpc) is 3.26. The van der Waals surface area contributed by atoms with Gasteiger partial charge in [0.2, 0.25) is 5.91 Å². The first-order valence-electron chi connectivity index (χ1n) is 10.7. The van der Waals surface area contributed by atoms with Crippen LogP contribution in [0.5, 0.6) is 0 Å². The molecule has 5 rings (SSSR count). The zero-order valence-corrected chi connectivity index (χ0v) is 17.6. The number of carbonyl (C=O) groups is 1. The Labute approximate surface area is 182 Å². The monoisotopic (exact) mass is 407 g/mol. The van der Waals surface area contributed by atoms with E-state index >= 15 is 0 Å². The molecule has 1 atom stereocenters. The van der Waals surface area contributed by atoms with E-state index in [0.717, 1.165) is 16.7 Å². The van der Waals surface area contributed by atoms with Crippen molar-refractivity contribution in [3.05, 3.63) is 125 Å². The first-order chi connectivity index (χ1) is 15.2. The van der Waals surface area contributed by atoms with Crippen LogP contribution in [0.15, 0.2) is 97.3 Å². The third kappa shape index (κ3) is 3.77. The molecule has 1 aliphatic heterocycles. The molecule has 0 spiro atoms. The van der Waals surface area contributed by atoms with E-state index in [-0.39, 0.29) is 17.7 Å². The van der Waals surface area contributed by atoms with Crippen molar-refractivity contribution in [3.63, 3.8) is 0 Å². The molecule has 0 saturated heterocycles. The first kappa shape index (κ1) is 19.3. The van der Waals surface area contributed by atoms with Crippen molar-refractivity contribution < 1.29 is 4.79 Å². The smallest absolute Gasteiger partial charge is 0.234 e. The molecule has 1 aliphatic rings. The predicted octanol–water partition coefficient (Wildman–Crippen LogP) is 4.73. The number of aromatic nitrogens is 2. The molecule has 1 amide bonds. The second-order valence-electron chi connectivity index (χ2n) is 8.17. The second kappa shape index (κ2) is 8.23. The van der Waals surface area contributed by atoms with Gasteiger partial charge in [0.1, 0.15) is 0 Å². The first-order valence-corrected chi connectivity index (χ1v) is 10.7. The fourth-order valence-corrected chi connectivity index (χ4v) is 4.63. The van der Waals surface area contributed by atoms with Crippen molar-refractivity contribution >= 4 is 5.91 Å². The molecule has 4 heteroatoms. The highest BCUT2D eigenvalue weighted by Gasteiger charge is 2.34. The standard InChI is InChI=1S/C27H25N3O/c1-29-17-23(16-28-29)25-19-30(18-22-14-8-9-15-24(22)25)27(31)26(20-10-4-2-5-11-20)21-12-6-3-7-13-21/h2-17,25-26H,18-19H2,1H3. The summed E-state index contributed by atoms with van der Waals surface area (Å²) < 4.78 is 1.83. The number of amides is 1. The summed E-state index contributed by atoms with van der Waals surface area (Å²) >= 11 is 0. The molecule has 0 bridgehead atoms. The molecule has 0 fully saturated rings. The molecular formula is C27H25N3O. The molecule has 0 aliphatic carbocycles. The summed E-state index contributed by atoms with van der Waals surface area (Å²) in [7, 11) is 1.93. The predicted molar refractivity (Wildman–Crippen MR) is 122 cm³/mol. The largest absolute Gasteiger partial charge is 0.337 e. The van der Waals surface area contributed by atoms with Crippen molar-refractivity contribution in [2.75, 3.05) is 6.54 Å². The summed E-state index contributed by atoms with van der Waals surface area (Å²) in [5.74, 6) is -0.0576. The Morgan fingerprint density at radius 3 is 2.13 bits per heavy atom. The van der Waals surface area contributed by atoms with Crippen LogP contribution in [0.4, 0.5) is 0 Å². The lowest BCUT2D eigenvalue weighted by molar-refractivity contribution is -0.133. The summed E-state index contributed by atoms with van der Waals surface area (Å²) in [6, 6.07) is 28.6. The maximum absolute atomic E-state index is 14.0. The van der Waals surface area contributed by atoms with E-state index in [9.17, 15) is 4.79 Å². The Balaban J connectivity index is 1.54. The zero-order chi connectivity index (χ0) is 21.2. The number of fused-ring (bicyclic) bond motifs is 1. The molecule has 2 heterocycles. The van der Waals surface area contributed by atoms with Crippen LogP contribution < -0.4 is 0 Å². The average molecular weight is 408 g/mol. The van der Waals surface area contributed by atoms with Crippen LogP contribution in [0.3, 0.4) is 0 Å². The molecule has 154 valence electrons. The number of aryl methyl sites for hydroxylation is 1. The van der Waals surface area contributed by atoms with Gasteiger partial charge in [0, 0.05) is 32.3 Å². The van der Waals surface area contributed by atoms with Crippen molar-refractivity contribution in [1.29, 1.82) is 0 Å². The minimum Gasteiger partial charge on any atom is -0.337 e. The van der Waals surface area contributed by atoms with E-state index in [0.29, 0.717) is 13.1 Å². The number of carbonyl (C=O) groups excluding carboxylic acids is 1. The van der Waals surface area contributed by atoms with E-state index in [2.05, 4.69) is 35.6 Å². The Hall–Kier alpha value is -3.66. The maximum atomic E-state index is 14.0. The summed E-state index contributed by atoms with van der Waals surface area (Å²) in [5.41, 5.74) is 5.68. The molecular weight excluding hydrogens is 382 g/mol. The molecule has 0 radical (unpaired) electrons. The molecule has 0 N–H and O–H groups in total. The van der Waals surface area contributed by atoms with Gasteiger partial charge in [-0.1, -0.05) is 84.9 Å². The third-order valence-electron chi connectivity index (χ3n) is 6.15. The van der Waals surface area contributed by atoms with Gasteiger partial charge in [-0.15, -0.1) is 0 Å². The molecule has 3 aromatic carbocycles.